The Bertz CT molecular complexity index is 709. The molecule has 1 aromatic carbocycles. The lowest BCUT2D eigenvalue weighted by Gasteiger charge is -2.18. The van der Waals surface area contributed by atoms with E-state index in [1.54, 1.807) is 12.1 Å². The van der Waals surface area contributed by atoms with Gasteiger partial charge < -0.3 is 14.6 Å². The van der Waals surface area contributed by atoms with Crippen LogP contribution in [0.3, 0.4) is 0 Å². The number of hydrogen-bond acceptors (Lipinski definition) is 4. The third-order valence-electron chi connectivity index (χ3n) is 3.26. The van der Waals surface area contributed by atoms with E-state index >= 15 is 0 Å². The molecule has 0 unspecified atom stereocenters. The molecule has 21 heavy (non-hydrogen) atoms. The predicted molar refractivity (Wildman–Crippen MR) is 76.1 cm³/mol. The molecule has 3 rings (SSSR count). The maximum Gasteiger partial charge on any atom is 0.341 e. The number of aromatic nitrogens is 1. The van der Waals surface area contributed by atoms with Gasteiger partial charge in [0.2, 0.25) is 5.88 Å². The van der Waals surface area contributed by atoms with Gasteiger partial charge >= 0.3 is 5.97 Å². The largest absolute Gasteiger partial charge is 0.483 e. The monoisotopic (exact) mass is 285 g/mol. The molecule has 5 nitrogen and oxygen atoms in total. The lowest BCUT2D eigenvalue weighted by molar-refractivity contribution is 0.0692. The molecule has 1 aromatic heterocycles. The minimum atomic E-state index is -1.08. The topological polar surface area (TPSA) is 68.7 Å². The second-order valence-corrected chi connectivity index (χ2v) is 5.55. The van der Waals surface area contributed by atoms with Crippen molar-refractivity contribution in [2.24, 2.45) is 0 Å². The summed E-state index contributed by atoms with van der Waals surface area (Å²) in [5, 5.41) is 9.17. The minimum absolute atomic E-state index is 0.0207. The maximum atomic E-state index is 11.2. The molecule has 0 aliphatic carbocycles. The van der Waals surface area contributed by atoms with E-state index in [4.69, 9.17) is 14.6 Å². The lowest BCUT2D eigenvalue weighted by atomic mass is 10.0. The summed E-state index contributed by atoms with van der Waals surface area (Å²) in [7, 11) is 0. The molecule has 0 radical (unpaired) electrons. The number of carboxylic acid groups (broad SMARTS) is 1. The van der Waals surface area contributed by atoms with E-state index in [1.807, 2.05) is 26.0 Å². The normalized spacial score (nSPS) is 15.1. The molecular formula is C16H15NO4. The molecule has 0 bridgehead atoms. The number of nitrogens with zero attached hydrogens (tertiary/aromatic N) is 1. The Hall–Kier alpha value is -2.56. The number of benzene rings is 1. The Balaban J connectivity index is 1.98. The summed E-state index contributed by atoms with van der Waals surface area (Å²) < 4.78 is 11.6. The third kappa shape index (κ3) is 2.54. The SMILES string of the molecule is CC1(C)Cc2cccc(Oc3ncccc3C(=O)O)c2O1. The number of aromatic carboxylic acids is 1. The smallest absolute Gasteiger partial charge is 0.341 e. The Morgan fingerprint density at radius 3 is 2.90 bits per heavy atom. The van der Waals surface area contributed by atoms with Crippen molar-refractivity contribution in [2.75, 3.05) is 0 Å². The summed E-state index contributed by atoms with van der Waals surface area (Å²) >= 11 is 0. The molecule has 2 aromatic rings. The van der Waals surface area contributed by atoms with Gasteiger partial charge in [0.15, 0.2) is 11.5 Å². The van der Waals surface area contributed by atoms with Gasteiger partial charge in [0.05, 0.1) is 0 Å². The average Bonchev–Trinajstić information content (AvgIpc) is 2.74. The highest BCUT2D eigenvalue weighted by molar-refractivity contribution is 5.90. The highest BCUT2D eigenvalue weighted by Crippen LogP contribution is 2.43. The molecule has 1 aliphatic heterocycles. The Morgan fingerprint density at radius 2 is 2.14 bits per heavy atom. The number of para-hydroxylation sites is 1. The van der Waals surface area contributed by atoms with Gasteiger partial charge in [0.25, 0.3) is 0 Å². The zero-order valence-corrected chi connectivity index (χ0v) is 11.8. The van der Waals surface area contributed by atoms with E-state index in [9.17, 15) is 4.79 Å². The van der Waals surface area contributed by atoms with Crippen LogP contribution in [0.15, 0.2) is 36.5 Å². The molecule has 2 heterocycles. The number of pyridine rings is 1. The lowest BCUT2D eigenvalue weighted by Crippen LogP contribution is -2.24. The van der Waals surface area contributed by atoms with E-state index in [2.05, 4.69) is 4.98 Å². The van der Waals surface area contributed by atoms with Gasteiger partial charge in [0, 0.05) is 18.2 Å². The van der Waals surface area contributed by atoms with Crippen LogP contribution in [0, 0.1) is 0 Å². The average molecular weight is 285 g/mol. The standard InChI is InChI=1S/C16H15NO4/c1-16(2)9-10-5-3-7-12(13(10)21-16)20-14-11(15(18)19)6-4-8-17-14/h3-8H,9H2,1-2H3,(H,18,19). The van der Waals surface area contributed by atoms with Crippen molar-refractivity contribution in [3.8, 4) is 17.4 Å². The molecule has 1 N–H and O–H groups in total. The molecule has 108 valence electrons. The number of carbonyl (C=O) groups is 1. The van der Waals surface area contributed by atoms with Crippen LogP contribution >= 0.6 is 0 Å². The number of hydrogen-bond donors (Lipinski definition) is 1. The molecule has 1 aliphatic rings. The fraction of sp³-hybridized carbons (Fsp3) is 0.250. The summed E-state index contributed by atoms with van der Waals surface area (Å²) in [4.78, 5) is 15.2. The van der Waals surface area contributed by atoms with E-state index in [-0.39, 0.29) is 17.0 Å². The molecular weight excluding hydrogens is 270 g/mol. The van der Waals surface area contributed by atoms with Gasteiger partial charge in [-0.1, -0.05) is 12.1 Å². The zero-order chi connectivity index (χ0) is 15.0. The van der Waals surface area contributed by atoms with Gasteiger partial charge in [-0.2, -0.15) is 0 Å². The van der Waals surface area contributed by atoms with Crippen LogP contribution in [-0.2, 0) is 6.42 Å². The fourth-order valence-electron chi connectivity index (χ4n) is 2.41. The number of rotatable bonds is 3. The first-order valence-electron chi connectivity index (χ1n) is 6.63. The Kier molecular flexibility index (Phi) is 3.05. The van der Waals surface area contributed by atoms with Crippen LogP contribution in [0.4, 0.5) is 0 Å². The van der Waals surface area contributed by atoms with Crippen molar-refractivity contribution in [1.29, 1.82) is 0 Å². The highest BCUT2D eigenvalue weighted by atomic mass is 16.5. The maximum absolute atomic E-state index is 11.2. The Labute approximate surface area is 122 Å². The van der Waals surface area contributed by atoms with Crippen molar-refractivity contribution in [1.82, 2.24) is 4.98 Å². The first-order chi connectivity index (χ1) is 9.96. The first-order valence-corrected chi connectivity index (χ1v) is 6.63. The van der Waals surface area contributed by atoms with Crippen molar-refractivity contribution in [3.63, 3.8) is 0 Å². The van der Waals surface area contributed by atoms with Gasteiger partial charge in [-0.05, 0) is 32.0 Å². The van der Waals surface area contributed by atoms with Crippen molar-refractivity contribution in [2.45, 2.75) is 25.9 Å². The molecule has 5 heteroatoms. The van der Waals surface area contributed by atoms with Crippen LogP contribution < -0.4 is 9.47 Å². The van der Waals surface area contributed by atoms with Crippen LogP contribution in [-0.4, -0.2) is 21.7 Å². The van der Waals surface area contributed by atoms with Crippen LogP contribution in [0.5, 0.6) is 17.4 Å². The first kappa shape index (κ1) is 13.4. The quantitative estimate of drug-likeness (QED) is 0.937. The number of carboxylic acids is 1. The summed E-state index contributed by atoms with van der Waals surface area (Å²) in [6, 6.07) is 8.61. The van der Waals surface area contributed by atoms with Gasteiger partial charge in [-0.25, -0.2) is 9.78 Å². The predicted octanol–water partition coefficient (Wildman–Crippen LogP) is 3.29. The summed E-state index contributed by atoms with van der Waals surface area (Å²) in [6.45, 7) is 4.00. The van der Waals surface area contributed by atoms with Crippen LogP contribution in [0.1, 0.15) is 29.8 Å². The van der Waals surface area contributed by atoms with Crippen LogP contribution in [0.25, 0.3) is 0 Å². The molecule has 0 saturated heterocycles. The second-order valence-electron chi connectivity index (χ2n) is 5.55. The molecule has 0 fully saturated rings. The van der Waals surface area contributed by atoms with E-state index < -0.39 is 5.97 Å². The van der Waals surface area contributed by atoms with Crippen molar-refractivity contribution >= 4 is 5.97 Å². The molecule has 0 spiro atoms. The molecule has 0 atom stereocenters. The van der Waals surface area contributed by atoms with Crippen LogP contribution in [0.2, 0.25) is 0 Å². The number of ether oxygens (including phenoxy) is 2. The summed E-state index contributed by atoms with van der Waals surface area (Å²) in [5.41, 5.74) is 0.777. The third-order valence-corrected chi connectivity index (χ3v) is 3.26. The van der Waals surface area contributed by atoms with Gasteiger partial charge in [0.1, 0.15) is 11.2 Å². The minimum Gasteiger partial charge on any atom is -0.483 e. The van der Waals surface area contributed by atoms with Gasteiger partial charge in [-0.3, -0.25) is 0 Å². The summed E-state index contributed by atoms with van der Waals surface area (Å²) in [6.07, 6.45) is 2.28. The van der Waals surface area contributed by atoms with E-state index in [1.165, 1.54) is 12.3 Å². The fourth-order valence-corrected chi connectivity index (χ4v) is 2.41. The zero-order valence-electron chi connectivity index (χ0n) is 11.8. The Morgan fingerprint density at radius 1 is 1.33 bits per heavy atom. The second kappa shape index (κ2) is 4.77. The molecule has 0 amide bonds. The summed E-state index contributed by atoms with van der Waals surface area (Å²) in [5.74, 6) is 0.127. The van der Waals surface area contributed by atoms with E-state index in [0.717, 1.165) is 12.0 Å². The number of fused-ring (bicyclic) bond motifs is 1. The van der Waals surface area contributed by atoms with Crippen molar-refractivity contribution < 1.29 is 19.4 Å². The van der Waals surface area contributed by atoms with E-state index in [0.29, 0.717) is 11.5 Å². The van der Waals surface area contributed by atoms with Gasteiger partial charge in [-0.15, -0.1) is 0 Å². The molecule has 0 saturated carbocycles. The van der Waals surface area contributed by atoms with Crippen molar-refractivity contribution in [3.05, 3.63) is 47.7 Å². The highest BCUT2D eigenvalue weighted by Gasteiger charge is 2.32.